The number of aliphatic hydroxyl groups is 1. The molecule has 5 aliphatic rings. The Labute approximate surface area is 286 Å². The number of carbonyl (C=O) groups excluding carboxylic acids is 1. The second-order valence-electron chi connectivity index (χ2n) is 19.9. The Hall–Kier alpha value is -0.630. The number of hydrogen-bond donors (Lipinski definition) is 1. The fourth-order valence-corrected chi connectivity index (χ4v) is 13.4. The van der Waals surface area contributed by atoms with E-state index in [1.54, 1.807) is 5.57 Å². The van der Waals surface area contributed by atoms with Crippen molar-refractivity contribution in [3.05, 3.63) is 11.6 Å². The third-order valence-electron chi connectivity index (χ3n) is 16.6. The lowest BCUT2D eigenvalue weighted by Crippen LogP contribution is -2.64. The van der Waals surface area contributed by atoms with Crippen molar-refractivity contribution in [1.82, 2.24) is 0 Å². The normalized spacial score (nSPS) is 41.0. The summed E-state index contributed by atoms with van der Waals surface area (Å²) in [5.41, 5.74) is 3.13. The molecular formula is C44H76O2. The Kier molecular flexibility index (Phi) is 11.1. The first kappa shape index (κ1) is 36.6. The first-order valence-corrected chi connectivity index (χ1v) is 20.5. The van der Waals surface area contributed by atoms with Gasteiger partial charge in [-0.2, -0.15) is 0 Å². The van der Waals surface area contributed by atoms with Crippen LogP contribution in [0, 0.1) is 56.2 Å². The molecule has 0 amide bonds. The van der Waals surface area contributed by atoms with Crippen LogP contribution in [0.1, 0.15) is 197 Å². The molecule has 0 aromatic heterocycles. The molecule has 0 aliphatic heterocycles. The monoisotopic (exact) mass is 637 g/mol. The van der Waals surface area contributed by atoms with Crippen LogP contribution in [0.15, 0.2) is 11.6 Å². The van der Waals surface area contributed by atoms with E-state index in [0.717, 1.165) is 19.3 Å². The van der Waals surface area contributed by atoms with Crippen LogP contribution in [0.3, 0.4) is 0 Å². The summed E-state index contributed by atoms with van der Waals surface area (Å²) >= 11 is 0. The van der Waals surface area contributed by atoms with Gasteiger partial charge in [-0.1, -0.05) is 131 Å². The zero-order valence-electron chi connectivity index (χ0n) is 32.0. The first-order valence-electron chi connectivity index (χ1n) is 20.5. The summed E-state index contributed by atoms with van der Waals surface area (Å²) in [5, 5.41) is 10.8. The van der Waals surface area contributed by atoms with Gasteiger partial charge in [-0.15, -0.1) is 0 Å². The molecule has 0 radical (unpaired) electrons. The van der Waals surface area contributed by atoms with E-state index >= 15 is 0 Å². The second kappa shape index (κ2) is 13.9. The van der Waals surface area contributed by atoms with E-state index < -0.39 is 0 Å². The van der Waals surface area contributed by atoms with Gasteiger partial charge in [-0.05, 0) is 115 Å². The van der Waals surface area contributed by atoms with Gasteiger partial charge in [-0.25, -0.2) is 0 Å². The molecule has 0 saturated heterocycles. The second-order valence-corrected chi connectivity index (χ2v) is 19.9. The summed E-state index contributed by atoms with van der Waals surface area (Å²) in [6.45, 7) is 20.6. The van der Waals surface area contributed by atoms with Gasteiger partial charge in [0.15, 0.2) is 0 Å². The number of rotatable bonds is 14. The molecule has 0 unspecified atom stereocenters. The number of Topliss-reactive ketones (excluding diaryl/α,β-unsaturated/α-hetero) is 1. The predicted molar refractivity (Wildman–Crippen MR) is 196 cm³/mol. The van der Waals surface area contributed by atoms with Crippen LogP contribution in [0.2, 0.25) is 0 Å². The molecule has 0 spiro atoms. The van der Waals surface area contributed by atoms with Crippen LogP contribution in [0.5, 0.6) is 0 Å². The summed E-state index contributed by atoms with van der Waals surface area (Å²) in [6, 6.07) is 0. The Morgan fingerprint density at radius 2 is 1.35 bits per heavy atom. The maximum atomic E-state index is 13.9. The molecule has 0 aromatic carbocycles. The highest BCUT2D eigenvalue weighted by atomic mass is 16.3. The maximum Gasteiger partial charge on any atom is 0.136 e. The molecule has 5 aliphatic carbocycles. The van der Waals surface area contributed by atoms with Crippen molar-refractivity contribution in [2.45, 2.75) is 197 Å². The number of allylic oxidation sites excluding steroid dienone is 2. The van der Waals surface area contributed by atoms with Crippen LogP contribution in [0.25, 0.3) is 0 Å². The Bertz CT molecular complexity index is 1080. The molecule has 4 fully saturated rings. The van der Waals surface area contributed by atoms with E-state index in [0.29, 0.717) is 46.4 Å². The van der Waals surface area contributed by atoms with E-state index in [1.807, 2.05) is 0 Å². The number of aliphatic hydroxyl groups excluding tert-OH is 1. The molecule has 2 nitrogen and oxygen atoms in total. The minimum absolute atomic E-state index is 0.0834. The van der Waals surface area contributed by atoms with Gasteiger partial charge in [0.05, 0.1) is 0 Å². The number of ketones is 1. The van der Waals surface area contributed by atoms with Crippen molar-refractivity contribution in [3.63, 3.8) is 0 Å². The topological polar surface area (TPSA) is 37.3 Å². The molecule has 0 aromatic rings. The zero-order valence-corrected chi connectivity index (χ0v) is 32.0. The van der Waals surface area contributed by atoms with E-state index in [2.05, 4.69) is 61.5 Å². The number of hydrogen-bond acceptors (Lipinski definition) is 2. The molecule has 2 heteroatoms. The van der Waals surface area contributed by atoms with Crippen molar-refractivity contribution in [2.75, 3.05) is 6.61 Å². The molecule has 0 heterocycles. The minimum atomic E-state index is 0.0834. The standard InChI is InChI=1S/C44H76O2/c1-9-10-11-12-13-14-15-16-17-18-19-20-36(46)34-23-25-41(6)37(40(34,4)5)24-26-43(8)38(41)22-21-33-35-31-39(2,3)27-29-44(35,32-45)30-28-42(33,43)7/h21,34-35,37-38,45H,9-20,22-32H2,1-8H3/t34-,35+,37+,38-,41+,42-,43-,44-/m1/s1. The van der Waals surface area contributed by atoms with Gasteiger partial charge in [0.2, 0.25) is 0 Å². The van der Waals surface area contributed by atoms with Crippen molar-refractivity contribution >= 4 is 5.78 Å². The fourth-order valence-electron chi connectivity index (χ4n) is 13.4. The van der Waals surface area contributed by atoms with Crippen molar-refractivity contribution < 1.29 is 9.90 Å². The summed E-state index contributed by atoms with van der Waals surface area (Å²) < 4.78 is 0. The summed E-state index contributed by atoms with van der Waals surface area (Å²) in [4.78, 5) is 13.9. The molecular weight excluding hydrogens is 560 g/mol. The van der Waals surface area contributed by atoms with Gasteiger partial charge in [0, 0.05) is 24.4 Å². The minimum Gasteiger partial charge on any atom is -0.396 e. The molecule has 1 N–H and O–H groups in total. The summed E-state index contributed by atoms with van der Waals surface area (Å²) in [7, 11) is 0. The van der Waals surface area contributed by atoms with E-state index in [-0.39, 0.29) is 22.2 Å². The zero-order chi connectivity index (χ0) is 33.4. The molecule has 0 bridgehead atoms. The molecule has 8 atom stereocenters. The molecule has 46 heavy (non-hydrogen) atoms. The first-order chi connectivity index (χ1) is 21.7. The third kappa shape index (κ3) is 6.39. The lowest BCUT2D eigenvalue weighted by Gasteiger charge is -2.71. The van der Waals surface area contributed by atoms with Gasteiger partial charge in [0.1, 0.15) is 5.78 Å². The summed E-state index contributed by atoms with van der Waals surface area (Å²) in [6.07, 6.45) is 30.6. The van der Waals surface area contributed by atoms with Crippen molar-refractivity contribution in [3.8, 4) is 0 Å². The predicted octanol–water partition coefficient (Wildman–Crippen LogP) is 12.7. The van der Waals surface area contributed by atoms with Crippen molar-refractivity contribution in [2.24, 2.45) is 56.2 Å². The number of unbranched alkanes of at least 4 members (excludes halogenated alkanes) is 10. The molecule has 4 saturated carbocycles. The van der Waals surface area contributed by atoms with Gasteiger partial charge in [0.25, 0.3) is 0 Å². The Morgan fingerprint density at radius 1 is 0.739 bits per heavy atom. The van der Waals surface area contributed by atoms with E-state index in [9.17, 15) is 9.90 Å². The van der Waals surface area contributed by atoms with Crippen molar-refractivity contribution in [1.29, 1.82) is 0 Å². The van der Waals surface area contributed by atoms with Crippen LogP contribution in [0.4, 0.5) is 0 Å². The highest BCUT2D eigenvalue weighted by molar-refractivity contribution is 5.82. The summed E-state index contributed by atoms with van der Waals surface area (Å²) in [5.74, 6) is 2.69. The highest BCUT2D eigenvalue weighted by Gasteiger charge is 2.68. The largest absolute Gasteiger partial charge is 0.396 e. The Balaban J connectivity index is 1.22. The maximum absolute atomic E-state index is 13.9. The van der Waals surface area contributed by atoms with E-state index in [4.69, 9.17) is 0 Å². The molecule has 5 rings (SSSR count). The average Bonchev–Trinajstić information content (AvgIpc) is 2.99. The number of fused-ring (bicyclic) bond motifs is 7. The van der Waals surface area contributed by atoms with Crippen LogP contribution < -0.4 is 0 Å². The van der Waals surface area contributed by atoms with Gasteiger partial charge < -0.3 is 5.11 Å². The van der Waals surface area contributed by atoms with Crippen LogP contribution >= 0.6 is 0 Å². The average molecular weight is 637 g/mol. The van der Waals surface area contributed by atoms with E-state index in [1.165, 1.54) is 122 Å². The Morgan fingerprint density at radius 3 is 1.98 bits per heavy atom. The van der Waals surface area contributed by atoms with Gasteiger partial charge in [-0.3, -0.25) is 4.79 Å². The third-order valence-corrected chi connectivity index (χ3v) is 16.6. The number of carbonyl (C=O) groups is 1. The smallest absolute Gasteiger partial charge is 0.136 e. The highest BCUT2D eigenvalue weighted by Crippen LogP contribution is 2.76. The fraction of sp³-hybridized carbons (Fsp3) is 0.932. The lowest BCUT2D eigenvalue weighted by molar-refractivity contribution is -0.195. The van der Waals surface area contributed by atoms with Crippen LogP contribution in [-0.4, -0.2) is 17.5 Å². The lowest BCUT2D eigenvalue weighted by atomic mass is 9.33. The van der Waals surface area contributed by atoms with Crippen LogP contribution in [-0.2, 0) is 4.79 Å². The van der Waals surface area contributed by atoms with Gasteiger partial charge >= 0.3 is 0 Å². The SMILES string of the molecule is CCCCCCCCCCCCCC(=O)[C@H]1CC[C@]2(C)[C@H]3CC=C4[C@@H]5CC(C)(C)CC[C@]5(CO)CC[C@@]4(C)[C@]3(C)CC[C@H]2C1(C)C. The quantitative estimate of drug-likeness (QED) is 0.152. The molecule has 264 valence electrons.